The molecule has 2 aromatic rings. The van der Waals surface area contributed by atoms with Crippen LogP contribution in [0.5, 0.6) is 0 Å². The van der Waals surface area contributed by atoms with Gasteiger partial charge in [0.25, 0.3) is 5.56 Å². The van der Waals surface area contributed by atoms with Gasteiger partial charge in [-0.25, -0.2) is 15.0 Å². The summed E-state index contributed by atoms with van der Waals surface area (Å²) in [6.07, 6.45) is -3.33. The number of hydrogen-bond donors (Lipinski definition) is 2. The van der Waals surface area contributed by atoms with Crippen LogP contribution in [0.25, 0.3) is 0 Å². The zero-order valence-corrected chi connectivity index (χ0v) is 10.8. The standard InChI is InChI=1S/C10H8F3N5OS/c1-14-8-16-5(10(11,12)13)4-7(18-8)20-9-15-3-2-6(19)17-9/h2-4H,1H3,(H,14,16,18)(H,15,17,19). The fourth-order valence-electron chi connectivity index (χ4n) is 1.24. The van der Waals surface area contributed by atoms with E-state index < -0.39 is 17.4 Å². The minimum Gasteiger partial charge on any atom is -0.357 e. The van der Waals surface area contributed by atoms with Crippen LogP contribution in [-0.2, 0) is 6.18 Å². The van der Waals surface area contributed by atoms with Crippen molar-refractivity contribution in [2.45, 2.75) is 16.4 Å². The van der Waals surface area contributed by atoms with Crippen LogP contribution in [0.15, 0.2) is 33.3 Å². The minimum absolute atomic E-state index is 0.0195. The predicted molar refractivity (Wildman–Crippen MR) is 65.6 cm³/mol. The quantitative estimate of drug-likeness (QED) is 0.664. The lowest BCUT2D eigenvalue weighted by molar-refractivity contribution is -0.141. The van der Waals surface area contributed by atoms with Gasteiger partial charge >= 0.3 is 6.18 Å². The lowest BCUT2D eigenvalue weighted by atomic mass is 10.4. The zero-order valence-electron chi connectivity index (χ0n) is 10.0. The van der Waals surface area contributed by atoms with Gasteiger partial charge in [-0.15, -0.1) is 0 Å². The second-order valence-electron chi connectivity index (χ2n) is 3.50. The van der Waals surface area contributed by atoms with E-state index in [1.807, 2.05) is 0 Å². The number of aromatic nitrogens is 4. The van der Waals surface area contributed by atoms with Gasteiger partial charge < -0.3 is 10.3 Å². The molecule has 0 bridgehead atoms. The van der Waals surface area contributed by atoms with Crippen molar-refractivity contribution in [2.75, 3.05) is 12.4 Å². The molecule has 10 heteroatoms. The first-order chi connectivity index (χ1) is 9.38. The maximum Gasteiger partial charge on any atom is 0.433 e. The highest BCUT2D eigenvalue weighted by atomic mass is 32.2. The lowest BCUT2D eigenvalue weighted by Crippen LogP contribution is -2.11. The van der Waals surface area contributed by atoms with E-state index in [1.54, 1.807) is 0 Å². The molecule has 0 aliphatic carbocycles. The molecule has 0 fully saturated rings. The third-order valence-electron chi connectivity index (χ3n) is 2.07. The summed E-state index contributed by atoms with van der Waals surface area (Å²) in [6, 6.07) is 1.99. The van der Waals surface area contributed by atoms with Crippen LogP contribution in [0.2, 0.25) is 0 Å². The molecule has 2 aromatic heterocycles. The van der Waals surface area contributed by atoms with Crippen LogP contribution in [0.1, 0.15) is 5.69 Å². The maximum atomic E-state index is 12.7. The molecular weight excluding hydrogens is 295 g/mol. The van der Waals surface area contributed by atoms with Gasteiger partial charge in [-0.1, -0.05) is 0 Å². The highest BCUT2D eigenvalue weighted by molar-refractivity contribution is 7.99. The largest absolute Gasteiger partial charge is 0.433 e. The van der Waals surface area contributed by atoms with Crippen LogP contribution in [0.3, 0.4) is 0 Å². The normalized spacial score (nSPS) is 11.4. The second kappa shape index (κ2) is 5.49. The summed E-state index contributed by atoms with van der Waals surface area (Å²) in [5.74, 6) is -0.166. The minimum atomic E-state index is -4.58. The Morgan fingerprint density at radius 3 is 2.70 bits per heavy atom. The van der Waals surface area contributed by atoms with Crippen molar-refractivity contribution >= 4 is 17.7 Å². The van der Waals surface area contributed by atoms with Crippen molar-refractivity contribution in [1.82, 2.24) is 19.9 Å². The van der Waals surface area contributed by atoms with Crippen LogP contribution in [0, 0.1) is 0 Å². The number of halogens is 3. The van der Waals surface area contributed by atoms with Crippen molar-refractivity contribution in [3.63, 3.8) is 0 Å². The van der Waals surface area contributed by atoms with Gasteiger partial charge in [0.1, 0.15) is 5.03 Å². The molecule has 2 N–H and O–H groups in total. The summed E-state index contributed by atoms with van der Waals surface area (Å²) in [5, 5.41) is 2.61. The summed E-state index contributed by atoms with van der Waals surface area (Å²) in [6.45, 7) is 0. The molecule has 0 unspecified atom stereocenters. The third-order valence-corrected chi connectivity index (χ3v) is 2.88. The zero-order chi connectivity index (χ0) is 14.8. The van der Waals surface area contributed by atoms with Crippen molar-refractivity contribution < 1.29 is 13.2 Å². The molecule has 6 nitrogen and oxygen atoms in total. The molecule has 0 atom stereocenters. The van der Waals surface area contributed by atoms with E-state index in [2.05, 4.69) is 25.3 Å². The van der Waals surface area contributed by atoms with Gasteiger partial charge in [0.2, 0.25) is 5.95 Å². The van der Waals surface area contributed by atoms with Crippen LogP contribution >= 0.6 is 11.8 Å². The topological polar surface area (TPSA) is 83.6 Å². The molecule has 0 aliphatic rings. The molecule has 106 valence electrons. The molecule has 0 spiro atoms. The van der Waals surface area contributed by atoms with E-state index >= 15 is 0 Å². The monoisotopic (exact) mass is 303 g/mol. The summed E-state index contributed by atoms with van der Waals surface area (Å²) in [7, 11) is 1.41. The molecule has 0 amide bonds. The number of anilines is 1. The molecule has 2 rings (SSSR count). The van der Waals surface area contributed by atoms with Crippen LogP contribution < -0.4 is 10.9 Å². The van der Waals surface area contributed by atoms with Crippen molar-refractivity contribution in [3.05, 3.63) is 34.4 Å². The Balaban J connectivity index is 2.38. The Morgan fingerprint density at radius 1 is 1.35 bits per heavy atom. The average Bonchev–Trinajstić information content (AvgIpc) is 2.37. The van der Waals surface area contributed by atoms with Crippen LogP contribution in [-0.4, -0.2) is 27.0 Å². The fraction of sp³-hybridized carbons (Fsp3) is 0.200. The summed E-state index contributed by atoms with van der Waals surface area (Å²) < 4.78 is 38.1. The molecule has 2 heterocycles. The summed E-state index contributed by atoms with van der Waals surface area (Å²) in [5.41, 5.74) is -1.47. The van der Waals surface area contributed by atoms with Gasteiger partial charge in [-0.05, 0) is 11.8 Å². The van der Waals surface area contributed by atoms with E-state index in [-0.39, 0.29) is 16.1 Å². The van der Waals surface area contributed by atoms with Gasteiger partial charge in [0, 0.05) is 25.4 Å². The highest BCUT2D eigenvalue weighted by Crippen LogP contribution is 2.31. The van der Waals surface area contributed by atoms with E-state index in [1.165, 1.54) is 19.3 Å². The molecule has 0 saturated carbocycles. The Labute approximate surface area is 114 Å². The van der Waals surface area contributed by atoms with Gasteiger partial charge in [-0.3, -0.25) is 4.79 Å². The lowest BCUT2D eigenvalue weighted by Gasteiger charge is -2.09. The Morgan fingerprint density at radius 2 is 2.10 bits per heavy atom. The summed E-state index contributed by atoms with van der Waals surface area (Å²) >= 11 is 0.804. The fourth-order valence-corrected chi connectivity index (χ4v) is 2.00. The van der Waals surface area contributed by atoms with Crippen molar-refractivity contribution in [3.8, 4) is 0 Å². The summed E-state index contributed by atoms with van der Waals surface area (Å²) in [4.78, 5) is 24.5. The van der Waals surface area contributed by atoms with Gasteiger partial charge in [-0.2, -0.15) is 13.2 Å². The Bertz CT molecular complexity index is 672. The first kappa shape index (κ1) is 14.3. The average molecular weight is 303 g/mol. The molecule has 0 saturated heterocycles. The van der Waals surface area contributed by atoms with E-state index in [0.717, 1.165) is 17.8 Å². The van der Waals surface area contributed by atoms with Gasteiger partial charge in [0.05, 0.1) is 0 Å². The first-order valence-corrected chi connectivity index (χ1v) is 6.07. The smallest absolute Gasteiger partial charge is 0.357 e. The first-order valence-electron chi connectivity index (χ1n) is 5.25. The highest BCUT2D eigenvalue weighted by Gasteiger charge is 2.33. The van der Waals surface area contributed by atoms with Gasteiger partial charge in [0.15, 0.2) is 10.9 Å². The van der Waals surface area contributed by atoms with Crippen LogP contribution in [0.4, 0.5) is 19.1 Å². The van der Waals surface area contributed by atoms with Crippen molar-refractivity contribution in [2.24, 2.45) is 0 Å². The number of nitrogens with zero attached hydrogens (tertiary/aromatic N) is 3. The number of alkyl halides is 3. The SMILES string of the molecule is CNc1nc(Sc2nccc(=O)[nH]2)cc(C(F)(F)F)n1. The molecule has 20 heavy (non-hydrogen) atoms. The maximum absolute atomic E-state index is 12.7. The molecular formula is C10H8F3N5OS. The molecule has 0 radical (unpaired) electrons. The molecule has 0 aromatic carbocycles. The molecule has 0 aliphatic heterocycles. The van der Waals surface area contributed by atoms with Crippen molar-refractivity contribution in [1.29, 1.82) is 0 Å². The van der Waals surface area contributed by atoms with E-state index in [0.29, 0.717) is 0 Å². The Hall–Kier alpha value is -2.10. The van der Waals surface area contributed by atoms with E-state index in [4.69, 9.17) is 0 Å². The number of hydrogen-bond acceptors (Lipinski definition) is 6. The number of rotatable bonds is 3. The third kappa shape index (κ3) is 3.47. The van der Waals surface area contributed by atoms with E-state index in [9.17, 15) is 18.0 Å². The number of nitrogens with one attached hydrogen (secondary N) is 2. The number of aromatic amines is 1. The second-order valence-corrected chi connectivity index (χ2v) is 4.51. The predicted octanol–water partition coefficient (Wildman–Crippen LogP) is 1.77. The Kier molecular flexibility index (Phi) is 3.93. The number of H-pyrrole nitrogens is 1.